The number of amides is 1. The summed E-state index contributed by atoms with van der Waals surface area (Å²) in [6, 6.07) is 14.2. The van der Waals surface area contributed by atoms with Crippen molar-refractivity contribution in [2.75, 3.05) is 37.7 Å². The predicted molar refractivity (Wildman–Crippen MR) is 103 cm³/mol. The van der Waals surface area contributed by atoms with Gasteiger partial charge in [0.05, 0.1) is 29.4 Å². The third kappa shape index (κ3) is 4.43. The van der Waals surface area contributed by atoms with E-state index in [1.165, 1.54) is 12.1 Å². The van der Waals surface area contributed by atoms with Crippen molar-refractivity contribution in [3.8, 4) is 0 Å². The van der Waals surface area contributed by atoms with Crippen molar-refractivity contribution < 1.29 is 14.5 Å². The van der Waals surface area contributed by atoms with Crippen molar-refractivity contribution in [1.29, 1.82) is 0 Å². The van der Waals surface area contributed by atoms with E-state index in [4.69, 9.17) is 4.74 Å². The number of hydrogen-bond donors (Lipinski definition) is 0. The number of nitro benzene ring substituents is 1. The molecule has 7 heteroatoms. The molecule has 0 unspecified atom stereocenters. The summed E-state index contributed by atoms with van der Waals surface area (Å²) in [5.74, 6) is -0.202. The van der Waals surface area contributed by atoms with E-state index < -0.39 is 4.92 Å². The second-order valence-corrected chi connectivity index (χ2v) is 6.36. The highest BCUT2D eigenvalue weighted by Gasteiger charge is 2.25. The highest BCUT2D eigenvalue weighted by Crippen LogP contribution is 2.28. The van der Waals surface area contributed by atoms with Crippen LogP contribution in [0.25, 0.3) is 0 Å². The highest BCUT2D eigenvalue weighted by molar-refractivity contribution is 6.00. The number of nitro groups is 1. The second-order valence-electron chi connectivity index (χ2n) is 6.36. The standard InChI is InChI=1S/C20H23N3O4/c1-2-21(15-16-6-4-3-5-7-16)20(24)18-14-17(23(25)26)8-9-19(18)22-10-12-27-13-11-22/h3-9,14H,2,10-13,15H2,1H3. The van der Waals surface area contributed by atoms with Crippen LogP contribution in [0.2, 0.25) is 0 Å². The van der Waals surface area contributed by atoms with E-state index in [0.717, 1.165) is 11.3 Å². The third-order valence-electron chi connectivity index (χ3n) is 4.66. The number of rotatable bonds is 6. The average molecular weight is 369 g/mol. The van der Waals surface area contributed by atoms with Gasteiger partial charge in [0, 0.05) is 38.3 Å². The predicted octanol–water partition coefficient (Wildman–Crippen LogP) is 3.09. The van der Waals surface area contributed by atoms with Crippen LogP contribution in [0.4, 0.5) is 11.4 Å². The Labute approximate surface area is 158 Å². The Hall–Kier alpha value is -2.93. The molecule has 1 aliphatic heterocycles. The molecule has 1 aliphatic rings. The fourth-order valence-electron chi connectivity index (χ4n) is 3.19. The SMILES string of the molecule is CCN(Cc1ccccc1)C(=O)c1cc([N+](=O)[O-])ccc1N1CCOCC1. The van der Waals surface area contributed by atoms with Crippen LogP contribution in [-0.2, 0) is 11.3 Å². The van der Waals surface area contributed by atoms with Gasteiger partial charge in [-0.1, -0.05) is 30.3 Å². The molecule has 1 heterocycles. The first-order valence-electron chi connectivity index (χ1n) is 9.04. The van der Waals surface area contributed by atoms with Gasteiger partial charge in [-0.15, -0.1) is 0 Å². The van der Waals surface area contributed by atoms with E-state index in [1.807, 2.05) is 37.3 Å². The molecule has 2 aromatic rings. The molecule has 0 bridgehead atoms. The van der Waals surface area contributed by atoms with Gasteiger partial charge >= 0.3 is 0 Å². The molecule has 0 aromatic heterocycles. The molecule has 27 heavy (non-hydrogen) atoms. The van der Waals surface area contributed by atoms with Gasteiger partial charge in [0.15, 0.2) is 0 Å². The number of morpholine rings is 1. The Morgan fingerprint density at radius 1 is 1.19 bits per heavy atom. The third-order valence-corrected chi connectivity index (χ3v) is 4.66. The Morgan fingerprint density at radius 3 is 2.52 bits per heavy atom. The van der Waals surface area contributed by atoms with E-state index in [0.29, 0.717) is 45.0 Å². The van der Waals surface area contributed by atoms with E-state index in [9.17, 15) is 14.9 Å². The van der Waals surface area contributed by atoms with E-state index in [1.54, 1.807) is 11.0 Å². The number of hydrogen-bond acceptors (Lipinski definition) is 5. The summed E-state index contributed by atoms with van der Waals surface area (Å²) < 4.78 is 5.39. The summed E-state index contributed by atoms with van der Waals surface area (Å²) in [6.45, 7) is 5.34. The summed E-state index contributed by atoms with van der Waals surface area (Å²) in [5, 5.41) is 11.2. The lowest BCUT2D eigenvalue weighted by atomic mass is 10.1. The lowest BCUT2D eigenvalue weighted by Crippen LogP contribution is -2.38. The van der Waals surface area contributed by atoms with Crippen LogP contribution in [0.15, 0.2) is 48.5 Å². The van der Waals surface area contributed by atoms with Gasteiger partial charge in [0.1, 0.15) is 0 Å². The molecule has 0 saturated carbocycles. The lowest BCUT2D eigenvalue weighted by Gasteiger charge is -2.31. The van der Waals surface area contributed by atoms with Crippen LogP contribution in [0.1, 0.15) is 22.8 Å². The van der Waals surface area contributed by atoms with Crippen LogP contribution >= 0.6 is 0 Å². The molecule has 3 rings (SSSR count). The monoisotopic (exact) mass is 369 g/mol. The van der Waals surface area contributed by atoms with Crippen molar-refractivity contribution >= 4 is 17.3 Å². The van der Waals surface area contributed by atoms with Crippen LogP contribution in [0.5, 0.6) is 0 Å². The molecule has 1 amide bonds. The second kappa shape index (κ2) is 8.64. The van der Waals surface area contributed by atoms with E-state index in [-0.39, 0.29) is 11.6 Å². The molecule has 7 nitrogen and oxygen atoms in total. The quantitative estimate of drug-likeness (QED) is 0.578. The molecule has 2 aromatic carbocycles. The van der Waals surface area contributed by atoms with Gasteiger partial charge in [-0.05, 0) is 18.6 Å². The first kappa shape index (κ1) is 18.8. The van der Waals surface area contributed by atoms with Crippen LogP contribution in [0.3, 0.4) is 0 Å². The van der Waals surface area contributed by atoms with Crippen LogP contribution in [-0.4, -0.2) is 48.6 Å². The van der Waals surface area contributed by atoms with E-state index in [2.05, 4.69) is 4.90 Å². The summed E-state index contributed by atoms with van der Waals surface area (Å²) in [5.41, 5.74) is 2.03. The molecular formula is C20H23N3O4. The fourth-order valence-corrected chi connectivity index (χ4v) is 3.19. The summed E-state index contributed by atoms with van der Waals surface area (Å²) in [4.78, 5) is 27.8. The number of carbonyl (C=O) groups is 1. The van der Waals surface area contributed by atoms with E-state index >= 15 is 0 Å². The maximum atomic E-state index is 13.3. The lowest BCUT2D eigenvalue weighted by molar-refractivity contribution is -0.384. The zero-order chi connectivity index (χ0) is 19.2. The number of anilines is 1. The number of carbonyl (C=O) groups excluding carboxylic acids is 1. The van der Waals surface area contributed by atoms with Gasteiger partial charge in [0.2, 0.25) is 0 Å². The zero-order valence-electron chi connectivity index (χ0n) is 15.3. The minimum Gasteiger partial charge on any atom is -0.378 e. The maximum Gasteiger partial charge on any atom is 0.270 e. The Kier molecular flexibility index (Phi) is 6.03. The molecule has 0 radical (unpaired) electrons. The zero-order valence-corrected chi connectivity index (χ0v) is 15.3. The molecular weight excluding hydrogens is 346 g/mol. The summed E-state index contributed by atoms with van der Waals surface area (Å²) in [6.07, 6.45) is 0. The number of benzene rings is 2. The van der Waals surface area contributed by atoms with Gasteiger partial charge in [0.25, 0.3) is 11.6 Å². The Bertz CT molecular complexity index is 804. The van der Waals surface area contributed by atoms with Crippen molar-refractivity contribution in [2.45, 2.75) is 13.5 Å². The average Bonchev–Trinajstić information content (AvgIpc) is 2.72. The number of non-ortho nitro benzene ring substituents is 1. The van der Waals surface area contributed by atoms with Gasteiger partial charge < -0.3 is 14.5 Å². The Morgan fingerprint density at radius 2 is 1.89 bits per heavy atom. The van der Waals surface area contributed by atoms with Crippen molar-refractivity contribution in [1.82, 2.24) is 4.90 Å². The summed E-state index contributed by atoms with van der Waals surface area (Å²) >= 11 is 0. The van der Waals surface area contributed by atoms with Gasteiger partial charge in [-0.2, -0.15) is 0 Å². The highest BCUT2D eigenvalue weighted by atomic mass is 16.6. The normalized spacial score (nSPS) is 14.0. The molecule has 0 N–H and O–H groups in total. The summed E-state index contributed by atoms with van der Waals surface area (Å²) in [7, 11) is 0. The minimum atomic E-state index is -0.465. The van der Waals surface area contributed by atoms with Gasteiger partial charge in [-0.25, -0.2) is 0 Å². The van der Waals surface area contributed by atoms with Crippen LogP contribution < -0.4 is 4.90 Å². The molecule has 142 valence electrons. The minimum absolute atomic E-state index is 0.0777. The number of ether oxygens (including phenoxy) is 1. The van der Waals surface area contributed by atoms with Gasteiger partial charge in [-0.3, -0.25) is 14.9 Å². The van der Waals surface area contributed by atoms with Crippen LogP contribution in [0, 0.1) is 10.1 Å². The largest absolute Gasteiger partial charge is 0.378 e. The Balaban J connectivity index is 1.94. The molecule has 1 fully saturated rings. The molecule has 0 atom stereocenters. The molecule has 1 saturated heterocycles. The first-order valence-corrected chi connectivity index (χ1v) is 9.04. The fraction of sp³-hybridized carbons (Fsp3) is 0.350. The number of nitrogens with zero attached hydrogens (tertiary/aromatic N) is 3. The van der Waals surface area contributed by atoms with Crippen molar-refractivity contribution in [3.63, 3.8) is 0 Å². The smallest absolute Gasteiger partial charge is 0.270 e. The molecule has 0 spiro atoms. The molecule has 0 aliphatic carbocycles. The van der Waals surface area contributed by atoms with Crippen molar-refractivity contribution in [3.05, 3.63) is 69.8 Å². The topological polar surface area (TPSA) is 75.9 Å². The maximum absolute atomic E-state index is 13.3. The van der Waals surface area contributed by atoms with Crippen molar-refractivity contribution in [2.24, 2.45) is 0 Å². The first-order chi connectivity index (χ1) is 13.1.